The van der Waals surface area contributed by atoms with Crippen LogP contribution in [0, 0.1) is 0 Å². The summed E-state index contributed by atoms with van der Waals surface area (Å²) in [6.07, 6.45) is 1.94. The van der Waals surface area contributed by atoms with Crippen molar-refractivity contribution in [1.29, 1.82) is 0 Å². The zero-order valence-electron chi connectivity index (χ0n) is 12.4. The van der Waals surface area contributed by atoms with Crippen LogP contribution in [0.4, 0.5) is 0 Å². The summed E-state index contributed by atoms with van der Waals surface area (Å²) in [5.74, 6) is 0. The quantitative estimate of drug-likeness (QED) is 0.381. The lowest BCUT2D eigenvalue weighted by molar-refractivity contribution is 1.15. The third kappa shape index (κ3) is 2.00. The minimum absolute atomic E-state index is 0.309. The number of hydrogen-bond donors (Lipinski definition) is 0. The van der Waals surface area contributed by atoms with Crippen LogP contribution in [0.15, 0.2) is 54.6 Å². The number of halogens is 2. The third-order valence-corrected chi connectivity index (χ3v) is 5.64. The molecule has 0 aliphatic carbocycles. The molecule has 110 valence electrons. The summed E-state index contributed by atoms with van der Waals surface area (Å²) >= 11 is 12.5. The number of rotatable bonds is 0. The zero-order valence-corrected chi connectivity index (χ0v) is 14.0. The van der Waals surface area contributed by atoms with E-state index in [0.717, 1.165) is 22.9 Å². The molecule has 3 aromatic carbocycles. The molecular weight excluding hydrogens is 322 g/mol. The smallest absolute Gasteiger partial charge is 0.0843 e. The van der Waals surface area contributed by atoms with E-state index in [-0.39, 0.29) is 0 Å². The largest absolute Gasteiger partial charge is 0.242 e. The van der Waals surface area contributed by atoms with E-state index in [1.807, 2.05) is 12.1 Å². The number of fused-ring (bicyclic) bond motifs is 4. The van der Waals surface area contributed by atoms with Gasteiger partial charge in [0.2, 0.25) is 6.71 Å². The van der Waals surface area contributed by atoms with E-state index in [2.05, 4.69) is 42.5 Å². The maximum atomic E-state index is 6.24. The zero-order chi connectivity index (χ0) is 15.6. The van der Waals surface area contributed by atoms with Gasteiger partial charge in [-0.3, -0.25) is 0 Å². The summed E-state index contributed by atoms with van der Waals surface area (Å²) in [5, 5.41) is 1.63. The van der Waals surface area contributed by atoms with Crippen molar-refractivity contribution in [2.24, 2.45) is 0 Å². The molecule has 0 N–H and O–H groups in total. The molecule has 23 heavy (non-hydrogen) atoms. The van der Waals surface area contributed by atoms with Crippen LogP contribution >= 0.6 is 23.2 Å². The predicted molar refractivity (Wildman–Crippen MR) is 99.6 cm³/mol. The van der Waals surface area contributed by atoms with Crippen LogP contribution < -0.4 is 16.4 Å². The van der Waals surface area contributed by atoms with Gasteiger partial charge in [0.25, 0.3) is 0 Å². The van der Waals surface area contributed by atoms with E-state index in [0.29, 0.717) is 6.71 Å². The first-order chi connectivity index (χ1) is 11.2. The predicted octanol–water partition coefficient (Wildman–Crippen LogP) is 3.32. The van der Waals surface area contributed by atoms with Gasteiger partial charge < -0.3 is 0 Å². The molecule has 2 aliphatic rings. The Hall–Kier alpha value is -1.70. The van der Waals surface area contributed by atoms with Gasteiger partial charge in [0.05, 0.1) is 0 Å². The summed E-state index contributed by atoms with van der Waals surface area (Å²) in [6.45, 7) is 0.309. The fourth-order valence-electron chi connectivity index (χ4n) is 4.25. The highest BCUT2D eigenvalue weighted by Crippen LogP contribution is 2.25. The molecule has 3 aromatic rings. The van der Waals surface area contributed by atoms with Crippen LogP contribution in [0.3, 0.4) is 0 Å². The van der Waals surface area contributed by atoms with E-state index in [9.17, 15) is 0 Å². The van der Waals surface area contributed by atoms with Crippen molar-refractivity contribution in [3.8, 4) is 0 Å². The maximum Gasteiger partial charge on any atom is 0.242 e. The highest BCUT2D eigenvalue weighted by molar-refractivity contribution is 6.97. The second-order valence-corrected chi connectivity index (χ2v) is 7.34. The first-order valence-electron chi connectivity index (χ1n) is 7.88. The fourth-order valence-corrected chi connectivity index (χ4v) is 4.64. The molecule has 0 radical (unpaired) electrons. The average Bonchev–Trinajstić information content (AvgIpc) is 2.54. The molecule has 0 bridgehead atoms. The Bertz CT molecular complexity index is 888. The minimum Gasteiger partial charge on any atom is -0.0843 e. The lowest BCUT2D eigenvalue weighted by atomic mass is 9.30. The van der Waals surface area contributed by atoms with Crippen molar-refractivity contribution in [2.75, 3.05) is 0 Å². The summed E-state index contributed by atoms with van der Waals surface area (Å²) in [7, 11) is 0. The molecule has 0 amide bonds. The lowest BCUT2D eigenvalue weighted by Gasteiger charge is -2.34. The summed E-state index contributed by atoms with van der Waals surface area (Å²) in [5.41, 5.74) is 9.82. The van der Waals surface area contributed by atoms with Gasteiger partial charge in [0, 0.05) is 10.0 Å². The first kappa shape index (κ1) is 13.7. The van der Waals surface area contributed by atoms with Crippen molar-refractivity contribution in [2.45, 2.75) is 12.8 Å². The summed E-state index contributed by atoms with van der Waals surface area (Å²) < 4.78 is 0. The molecule has 2 aliphatic heterocycles. The standard InChI is InChI=1S/C20H13BCl2/c22-16-4-6-18-14(10-16)8-12-2-1-3-13-9-15-11-17(23)5-7-19(15)21(18)20(12)13/h1-7,10-11H,8-9H2. The second kappa shape index (κ2) is 4.90. The van der Waals surface area contributed by atoms with Gasteiger partial charge in [-0.15, -0.1) is 0 Å². The Balaban J connectivity index is 1.84. The molecule has 2 heterocycles. The van der Waals surface area contributed by atoms with Crippen LogP contribution in [-0.2, 0) is 12.8 Å². The highest BCUT2D eigenvalue weighted by Gasteiger charge is 2.36. The molecule has 3 heteroatoms. The SMILES string of the molecule is Clc1ccc2c(c1)Cc1cccc3c1B2c1ccc(Cl)cc1C3. The van der Waals surface area contributed by atoms with E-state index in [1.165, 1.54) is 38.6 Å². The number of hydrogen-bond acceptors (Lipinski definition) is 0. The Morgan fingerprint density at radius 1 is 0.652 bits per heavy atom. The van der Waals surface area contributed by atoms with Crippen LogP contribution in [0.25, 0.3) is 0 Å². The van der Waals surface area contributed by atoms with Crippen LogP contribution in [0.5, 0.6) is 0 Å². The topological polar surface area (TPSA) is 0 Å². The van der Waals surface area contributed by atoms with E-state index < -0.39 is 0 Å². The van der Waals surface area contributed by atoms with Gasteiger partial charge in [-0.1, -0.05) is 69.9 Å². The molecule has 0 saturated heterocycles. The van der Waals surface area contributed by atoms with Crippen molar-refractivity contribution in [3.05, 3.63) is 86.9 Å². The van der Waals surface area contributed by atoms with Crippen molar-refractivity contribution in [1.82, 2.24) is 0 Å². The van der Waals surface area contributed by atoms with Crippen molar-refractivity contribution in [3.63, 3.8) is 0 Å². The molecule has 0 unspecified atom stereocenters. The van der Waals surface area contributed by atoms with Crippen LogP contribution in [0.2, 0.25) is 10.0 Å². The van der Waals surface area contributed by atoms with Gasteiger partial charge in [0.1, 0.15) is 0 Å². The van der Waals surface area contributed by atoms with Crippen molar-refractivity contribution >= 4 is 46.3 Å². The molecule has 0 fully saturated rings. The third-order valence-electron chi connectivity index (χ3n) is 5.17. The van der Waals surface area contributed by atoms with Gasteiger partial charge >= 0.3 is 0 Å². The Morgan fingerprint density at radius 3 is 1.70 bits per heavy atom. The van der Waals surface area contributed by atoms with Crippen LogP contribution in [-0.4, -0.2) is 6.71 Å². The summed E-state index contributed by atoms with van der Waals surface area (Å²) in [4.78, 5) is 0. The fraction of sp³-hybridized carbons (Fsp3) is 0.100. The molecule has 0 nitrogen and oxygen atoms in total. The van der Waals surface area contributed by atoms with Gasteiger partial charge in [0.15, 0.2) is 0 Å². The number of benzene rings is 3. The highest BCUT2D eigenvalue weighted by atomic mass is 35.5. The van der Waals surface area contributed by atoms with E-state index >= 15 is 0 Å². The minimum atomic E-state index is 0.309. The van der Waals surface area contributed by atoms with E-state index in [1.54, 1.807) is 0 Å². The average molecular weight is 335 g/mol. The molecule has 0 saturated carbocycles. The molecule has 0 atom stereocenters. The maximum absolute atomic E-state index is 6.24. The monoisotopic (exact) mass is 334 g/mol. The lowest BCUT2D eigenvalue weighted by Crippen LogP contribution is -2.61. The normalized spacial score (nSPS) is 14.1. The first-order valence-corrected chi connectivity index (χ1v) is 8.63. The second-order valence-electron chi connectivity index (χ2n) is 6.46. The molecule has 0 spiro atoms. The molecule has 0 aromatic heterocycles. The molecular formula is C20H13BCl2. The van der Waals surface area contributed by atoms with Crippen LogP contribution in [0.1, 0.15) is 22.3 Å². The summed E-state index contributed by atoms with van der Waals surface area (Å²) in [6, 6.07) is 19.4. The van der Waals surface area contributed by atoms with E-state index in [4.69, 9.17) is 23.2 Å². The van der Waals surface area contributed by atoms with Gasteiger partial charge in [-0.25, -0.2) is 0 Å². The Kier molecular flexibility index (Phi) is 2.92. The molecule has 5 rings (SSSR count). The van der Waals surface area contributed by atoms with Crippen molar-refractivity contribution < 1.29 is 0 Å². The Morgan fingerprint density at radius 2 is 1.17 bits per heavy atom. The Labute approximate surface area is 146 Å². The van der Waals surface area contributed by atoms with Gasteiger partial charge in [-0.2, -0.15) is 0 Å². The van der Waals surface area contributed by atoms with Gasteiger partial charge in [-0.05, 0) is 59.4 Å².